The average Bonchev–Trinajstić information content (AvgIpc) is 2.53. The fraction of sp³-hybridized carbons (Fsp3) is 0.0588. The molecule has 0 amide bonds. The van der Waals surface area contributed by atoms with Crippen molar-refractivity contribution < 1.29 is 14.6 Å². The van der Waals surface area contributed by atoms with Gasteiger partial charge in [0.25, 0.3) is 0 Å². The van der Waals surface area contributed by atoms with Gasteiger partial charge in [-0.2, -0.15) is 0 Å². The SMILES string of the molecule is O=C(O)c1cc(COc2ccccc2)nc2ccccc12. The van der Waals surface area contributed by atoms with Crippen LogP contribution in [0.2, 0.25) is 0 Å². The quantitative estimate of drug-likeness (QED) is 0.794. The molecule has 3 aromatic rings. The third-order valence-corrected chi connectivity index (χ3v) is 3.13. The number of nitrogens with zero attached hydrogens (tertiary/aromatic N) is 1. The van der Waals surface area contributed by atoms with Gasteiger partial charge in [0.15, 0.2) is 0 Å². The van der Waals surface area contributed by atoms with E-state index in [1.54, 1.807) is 24.3 Å². The van der Waals surface area contributed by atoms with E-state index in [0.29, 0.717) is 16.6 Å². The first-order valence-corrected chi connectivity index (χ1v) is 6.54. The molecule has 3 rings (SSSR count). The lowest BCUT2D eigenvalue weighted by Gasteiger charge is -2.08. The number of rotatable bonds is 4. The largest absolute Gasteiger partial charge is 0.487 e. The van der Waals surface area contributed by atoms with Gasteiger partial charge in [-0.05, 0) is 24.3 Å². The molecular formula is C17H13NO3. The van der Waals surface area contributed by atoms with Gasteiger partial charge in [-0.25, -0.2) is 9.78 Å². The molecule has 0 unspecified atom stereocenters. The van der Waals surface area contributed by atoms with Crippen LogP contribution in [0.3, 0.4) is 0 Å². The first-order chi connectivity index (χ1) is 10.2. The van der Waals surface area contributed by atoms with E-state index >= 15 is 0 Å². The topological polar surface area (TPSA) is 59.4 Å². The van der Waals surface area contributed by atoms with E-state index in [0.717, 1.165) is 5.75 Å². The first-order valence-electron chi connectivity index (χ1n) is 6.54. The van der Waals surface area contributed by atoms with Crippen LogP contribution in [0.15, 0.2) is 60.7 Å². The summed E-state index contributed by atoms with van der Waals surface area (Å²) >= 11 is 0. The Kier molecular flexibility index (Phi) is 3.51. The van der Waals surface area contributed by atoms with Crippen molar-refractivity contribution in [1.29, 1.82) is 0 Å². The second-order valence-corrected chi connectivity index (χ2v) is 4.59. The molecule has 4 heteroatoms. The zero-order chi connectivity index (χ0) is 14.7. The van der Waals surface area contributed by atoms with Crippen LogP contribution in [0.25, 0.3) is 10.9 Å². The molecule has 1 aromatic heterocycles. The monoisotopic (exact) mass is 279 g/mol. The Morgan fingerprint density at radius 1 is 1.05 bits per heavy atom. The van der Waals surface area contributed by atoms with Gasteiger partial charge in [0.05, 0.1) is 16.8 Å². The van der Waals surface area contributed by atoms with Crippen molar-refractivity contribution in [3.63, 3.8) is 0 Å². The molecule has 0 saturated heterocycles. The van der Waals surface area contributed by atoms with E-state index in [-0.39, 0.29) is 12.2 Å². The minimum Gasteiger partial charge on any atom is -0.487 e. The lowest BCUT2D eigenvalue weighted by molar-refractivity contribution is 0.0698. The van der Waals surface area contributed by atoms with E-state index in [1.807, 2.05) is 36.4 Å². The molecule has 0 saturated carbocycles. The minimum atomic E-state index is -0.963. The first kappa shape index (κ1) is 13.1. The maximum Gasteiger partial charge on any atom is 0.336 e. The zero-order valence-electron chi connectivity index (χ0n) is 11.2. The number of benzene rings is 2. The molecule has 4 nitrogen and oxygen atoms in total. The number of hydrogen-bond donors (Lipinski definition) is 1. The summed E-state index contributed by atoms with van der Waals surface area (Å²) in [5, 5.41) is 9.96. The molecule has 0 spiro atoms. The van der Waals surface area contributed by atoms with Crippen molar-refractivity contribution in [2.75, 3.05) is 0 Å². The third-order valence-electron chi connectivity index (χ3n) is 3.13. The molecule has 0 fully saturated rings. The zero-order valence-corrected chi connectivity index (χ0v) is 11.2. The Morgan fingerprint density at radius 2 is 1.76 bits per heavy atom. The van der Waals surface area contributed by atoms with Gasteiger partial charge >= 0.3 is 5.97 Å². The normalized spacial score (nSPS) is 10.5. The highest BCUT2D eigenvalue weighted by Gasteiger charge is 2.11. The number of hydrogen-bond acceptors (Lipinski definition) is 3. The Morgan fingerprint density at radius 3 is 2.52 bits per heavy atom. The Balaban J connectivity index is 1.94. The van der Waals surface area contributed by atoms with Gasteiger partial charge in [-0.1, -0.05) is 36.4 Å². The number of para-hydroxylation sites is 2. The van der Waals surface area contributed by atoms with Crippen molar-refractivity contribution in [2.45, 2.75) is 6.61 Å². The molecule has 0 aliphatic rings. The highest BCUT2D eigenvalue weighted by Crippen LogP contribution is 2.19. The number of aromatic carboxylic acids is 1. The molecule has 1 heterocycles. The van der Waals surface area contributed by atoms with Crippen molar-refractivity contribution in [1.82, 2.24) is 4.98 Å². The maximum atomic E-state index is 11.4. The molecule has 21 heavy (non-hydrogen) atoms. The summed E-state index contributed by atoms with van der Waals surface area (Å²) in [6.45, 7) is 0.231. The molecule has 2 aromatic carbocycles. The van der Waals surface area contributed by atoms with Gasteiger partial charge in [0.2, 0.25) is 0 Å². The van der Waals surface area contributed by atoms with Gasteiger partial charge in [0, 0.05) is 5.39 Å². The fourth-order valence-corrected chi connectivity index (χ4v) is 2.16. The van der Waals surface area contributed by atoms with Crippen LogP contribution >= 0.6 is 0 Å². The lowest BCUT2D eigenvalue weighted by Crippen LogP contribution is -2.04. The van der Waals surface area contributed by atoms with Crippen LogP contribution in [-0.2, 0) is 6.61 Å². The smallest absolute Gasteiger partial charge is 0.336 e. The van der Waals surface area contributed by atoms with Crippen LogP contribution in [0.5, 0.6) is 5.75 Å². The third kappa shape index (κ3) is 2.84. The van der Waals surface area contributed by atoms with Crippen molar-refractivity contribution in [3.8, 4) is 5.75 Å². The second-order valence-electron chi connectivity index (χ2n) is 4.59. The van der Waals surface area contributed by atoms with E-state index in [1.165, 1.54) is 0 Å². The number of carbonyl (C=O) groups is 1. The van der Waals surface area contributed by atoms with Crippen molar-refractivity contribution in [3.05, 3.63) is 71.9 Å². The van der Waals surface area contributed by atoms with E-state index in [9.17, 15) is 9.90 Å². The number of pyridine rings is 1. The molecule has 0 radical (unpaired) electrons. The van der Waals surface area contributed by atoms with Crippen LogP contribution in [0.4, 0.5) is 0 Å². The summed E-state index contributed by atoms with van der Waals surface area (Å²) in [6, 6.07) is 18.1. The van der Waals surface area contributed by atoms with Gasteiger partial charge in [0.1, 0.15) is 12.4 Å². The summed E-state index contributed by atoms with van der Waals surface area (Å²) < 4.78 is 5.62. The average molecular weight is 279 g/mol. The van der Waals surface area contributed by atoms with E-state index < -0.39 is 5.97 Å². The van der Waals surface area contributed by atoms with Crippen LogP contribution in [0.1, 0.15) is 16.1 Å². The predicted octanol–water partition coefficient (Wildman–Crippen LogP) is 3.51. The molecule has 0 aliphatic heterocycles. The summed E-state index contributed by atoms with van der Waals surface area (Å²) in [6.07, 6.45) is 0. The summed E-state index contributed by atoms with van der Waals surface area (Å²) in [4.78, 5) is 15.8. The molecule has 0 bridgehead atoms. The molecule has 104 valence electrons. The number of carboxylic acids is 1. The van der Waals surface area contributed by atoms with Crippen molar-refractivity contribution >= 4 is 16.9 Å². The highest BCUT2D eigenvalue weighted by atomic mass is 16.5. The summed E-state index contributed by atoms with van der Waals surface area (Å²) in [5.41, 5.74) is 1.49. The number of carboxylic acid groups (broad SMARTS) is 1. The lowest BCUT2D eigenvalue weighted by atomic mass is 10.1. The maximum absolute atomic E-state index is 11.4. The Hall–Kier alpha value is -2.88. The standard InChI is InChI=1S/C17H13NO3/c19-17(20)15-10-12(11-21-13-6-2-1-3-7-13)18-16-9-5-4-8-14(15)16/h1-10H,11H2,(H,19,20). The molecule has 1 N–H and O–H groups in total. The minimum absolute atomic E-state index is 0.231. The van der Waals surface area contributed by atoms with Crippen LogP contribution in [-0.4, -0.2) is 16.1 Å². The molecule has 0 atom stereocenters. The van der Waals surface area contributed by atoms with E-state index in [4.69, 9.17) is 4.74 Å². The number of aromatic nitrogens is 1. The van der Waals surface area contributed by atoms with Crippen molar-refractivity contribution in [2.24, 2.45) is 0 Å². The van der Waals surface area contributed by atoms with Gasteiger partial charge in [-0.3, -0.25) is 0 Å². The predicted molar refractivity (Wildman–Crippen MR) is 79.5 cm³/mol. The molecule has 0 aliphatic carbocycles. The van der Waals surface area contributed by atoms with Gasteiger partial charge in [-0.15, -0.1) is 0 Å². The van der Waals surface area contributed by atoms with E-state index in [2.05, 4.69) is 4.98 Å². The highest BCUT2D eigenvalue weighted by molar-refractivity contribution is 6.02. The summed E-state index contributed by atoms with van der Waals surface area (Å²) in [7, 11) is 0. The summed E-state index contributed by atoms with van der Waals surface area (Å²) in [5.74, 6) is -0.237. The Bertz CT molecular complexity index is 784. The number of ether oxygens (including phenoxy) is 1. The fourth-order valence-electron chi connectivity index (χ4n) is 2.16. The Labute approximate surface area is 121 Å². The number of fused-ring (bicyclic) bond motifs is 1. The van der Waals surface area contributed by atoms with Gasteiger partial charge < -0.3 is 9.84 Å². The molecular weight excluding hydrogens is 266 g/mol. The van der Waals surface area contributed by atoms with Crippen LogP contribution < -0.4 is 4.74 Å². The second kappa shape index (κ2) is 5.63. The van der Waals surface area contributed by atoms with Crippen LogP contribution in [0, 0.1) is 0 Å².